The van der Waals surface area contributed by atoms with Gasteiger partial charge in [0.1, 0.15) is 5.78 Å². The van der Waals surface area contributed by atoms with Gasteiger partial charge >= 0.3 is 5.97 Å². The van der Waals surface area contributed by atoms with E-state index in [1.165, 1.54) is 30.9 Å². The number of Topliss-reactive ketones (excluding diaryl/α,β-unsaturated/α-hetero) is 1. The highest BCUT2D eigenvalue weighted by molar-refractivity contribution is 5.91. The van der Waals surface area contributed by atoms with Crippen molar-refractivity contribution in [2.45, 2.75) is 51.4 Å². The summed E-state index contributed by atoms with van der Waals surface area (Å²) in [5.74, 6) is 2.13. The number of allylic oxidation sites excluding steroid dienone is 4. The van der Waals surface area contributed by atoms with Gasteiger partial charge in [-0.3, -0.25) is 4.79 Å². The molecule has 0 saturated heterocycles. The number of hydrogen-bond donors (Lipinski definition) is 1. The second kappa shape index (κ2) is 6.86. The Hall–Kier alpha value is -1.64. The molecule has 0 aliphatic heterocycles. The Kier molecular flexibility index (Phi) is 4.84. The van der Waals surface area contributed by atoms with Gasteiger partial charge in [0.15, 0.2) is 0 Å². The molecule has 23 heavy (non-hydrogen) atoms. The van der Waals surface area contributed by atoms with Crippen molar-refractivity contribution in [2.75, 3.05) is 0 Å². The molecule has 0 heterocycles. The summed E-state index contributed by atoms with van der Waals surface area (Å²) in [7, 11) is 0. The number of hydrogen-bond acceptors (Lipinski definition) is 2. The molecule has 4 aliphatic rings. The third-order valence-electron chi connectivity index (χ3n) is 5.90. The maximum atomic E-state index is 11.2. The van der Waals surface area contributed by atoms with Gasteiger partial charge in [-0.25, -0.2) is 4.79 Å². The zero-order chi connectivity index (χ0) is 16.4. The first-order valence-corrected chi connectivity index (χ1v) is 8.87. The standard InChI is InChI=1S/C10H14O2.C10H12O/c1-2-4-8-5-3-6-9(8)7-10(11)12;11-9-5-7-4-6-2-1-3-8(6)10(7)9/h2,7-8H,1,3-6H2,(H,11,12);3,6-7,10H,1-2,4-5H2/t;6-,7+,10-/m.0/s1. The monoisotopic (exact) mass is 314 g/mol. The lowest BCUT2D eigenvalue weighted by Gasteiger charge is -2.28. The third kappa shape index (κ3) is 3.34. The molecule has 124 valence electrons. The minimum absolute atomic E-state index is 0.405. The van der Waals surface area contributed by atoms with Gasteiger partial charge in [-0.1, -0.05) is 23.3 Å². The molecule has 1 N–H and O–H groups in total. The topological polar surface area (TPSA) is 54.4 Å². The maximum absolute atomic E-state index is 11.2. The summed E-state index contributed by atoms with van der Waals surface area (Å²) in [6.45, 7) is 3.66. The van der Waals surface area contributed by atoms with Crippen LogP contribution in [-0.4, -0.2) is 16.9 Å². The van der Waals surface area contributed by atoms with E-state index < -0.39 is 5.97 Å². The Morgan fingerprint density at radius 3 is 2.91 bits per heavy atom. The summed E-state index contributed by atoms with van der Waals surface area (Å²) in [4.78, 5) is 21.6. The molecule has 0 amide bonds. The number of carbonyl (C=O) groups excluding carboxylic acids is 1. The minimum Gasteiger partial charge on any atom is -0.478 e. The molecule has 0 spiro atoms. The highest BCUT2D eigenvalue weighted by Crippen LogP contribution is 2.54. The van der Waals surface area contributed by atoms with Crippen LogP contribution in [0.1, 0.15) is 51.4 Å². The van der Waals surface area contributed by atoms with Crippen LogP contribution in [0.3, 0.4) is 0 Å². The van der Waals surface area contributed by atoms with Crippen molar-refractivity contribution >= 4 is 11.8 Å². The van der Waals surface area contributed by atoms with Gasteiger partial charge in [0.25, 0.3) is 0 Å². The fourth-order valence-electron chi connectivity index (χ4n) is 4.83. The number of carboxylic acid groups (broad SMARTS) is 1. The number of carbonyl (C=O) groups is 2. The van der Waals surface area contributed by atoms with E-state index in [1.807, 2.05) is 6.08 Å². The van der Waals surface area contributed by atoms with E-state index in [9.17, 15) is 9.59 Å². The summed E-state index contributed by atoms with van der Waals surface area (Å²) in [5.41, 5.74) is 2.61. The molecule has 3 saturated carbocycles. The molecular formula is C20H26O3. The molecule has 0 aromatic carbocycles. The highest BCUT2D eigenvalue weighted by Gasteiger charge is 2.50. The van der Waals surface area contributed by atoms with Gasteiger partial charge in [0.2, 0.25) is 0 Å². The minimum atomic E-state index is -0.819. The first-order chi connectivity index (χ1) is 11.1. The molecule has 3 nitrogen and oxygen atoms in total. The molecule has 0 radical (unpaired) electrons. The number of ketones is 1. The van der Waals surface area contributed by atoms with Crippen molar-refractivity contribution < 1.29 is 14.7 Å². The van der Waals surface area contributed by atoms with Gasteiger partial charge in [-0.15, -0.1) is 6.58 Å². The van der Waals surface area contributed by atoms with Crippen molar-refractivity contribution in [2.24, 2.45) is 23.7 Å². The molecule has 3 fully saturated rings. The molecule has 4 rings (SSSR count). The van der Waals surface area contributed by atoms with Crippen LogP contribution in [0.5, 0.6) is 0 Å². The maximum Gasteiger partial charge on any atom is 0.328 e. The molecule has 0 aromatic heterocycles. The Labute approximate surface area is 138 Å². The number of carboxylic acids is 1. The van der Waals surface area contributed by atoms with E-state index in [-0.39, 0.29) is 0 Å². The summed E-state index contributed by atoms with van der Waals surface area (Å²) in [5, 5.41) is 8.56. The van der Waals surface area contributed by atoms with Gasteiger partial charge in [-0.05, 0) is 62.7 Å². The summed E-state index contributed by atoms with van der Waals surface area (Å²) < 4.78 is 0. The van der Waals surface area contributed by atoms with Crippen LogP contribution < -0.4 is 0 Å². The Balaban J connectivity index is 0.000000136. The second-order valence-corrected chi connectivity index (χ2v) is 7.29. The van der Waals surface area contributed by atoms with Crippen molar-refractivity contribution in [1.29, 1.82) is 0 Å². The number of rotatable bonds is 3. The molecule has 1 unspecified atom stereocenters. The molecule has 0 aromatic rings. The Morgan fingerprint density at radius 2 is 2.22 bits per heavy atom. The van der Waals surface area contributed by atoms with Gasteiger partial charge < -0.3 is 5.11 Å². The first-order valence-electron chi connectivity index (χ1n) is 8.87. The average molecular weight is 314 g/mol. The zero-order valence-corrected chi connectivity index (χ0v) is 13.7. The fraction of sp³-hybridized carbons (Fsp3) is 0.600. The van der Waals surface area contributed by atoms with E-state index in [4.69, 9.17) is 5.11 Å². The fourth-order valence-corrected chi connectivity index (χ4v) is 4.83. The second-order valence-electron chi connectivity index (χ2n) is 7.29. The zero-order valence-electron chi connectivity index (χ0n) is 13.7. The first kappa shape index (κ1) is 16.2. The predicted molar refractivity (Wildman–Crippen MR) is 89.9 cm³/mol. The Morgan fingerprint density at radius 1 is 1.39 bits per heavy atom. The van der Waals surface area contributed by atoms with Crippen LogP contribution in [-0.2, 0) is 9.59 Å². The third-order valence-corrected chi connectivity index (χ3v) is 5.90. The van der Waals surface area contributed by atoms with Crippen molar-refractivity contribution in [3.05, 3.63) is 36.0 Å². The van der Waals surface area contributed by atoms with Crippen molar-refractivity contribution in [3.8, 4) is 0 Å². The van der Waals surface area contributed by atoms with Crippen LogP contribution in [0.25, 0.3) is 0 Å². The predicted octanol–water partition coefficient (Wildman–Crippen LogP) is 4.31. The quantitative estimate of drug-likeness (QED) is 0.624. The summed E-state index contributed by atoms with van der Waals surface area (Å²) in [6.07, 6.45) is 14.4. The van der Waals surface area contributed by atoms with Crippen molar-refractivity contribution in [3.63, 3.8) is 0 Å². The lowest BCUT2D eigenvalue weighted by atomic mass is 9.73. The Bertz CT molecular complexity index is 569. The smallest absolute Gasteiger partial charge is 0.328 e. The number of aliphatic carboxylic acids is 1. The highest BCUT2D eigenvalue weighted by atomic mass is 16.4. The van der Waals surface area contributed by atoms with Crippen LogP contribution in [0.4, 0.5) is 0 Å². The van der Waals surface area contributed by atoms with Crippen LogP contribution in [0, 0.1) is 23.7 Å². The van der Waals surface area contributed by atoms with E-state index in [2.05, 4.69) is 12.7 Å². The largest absolute Gasteiger partial charge is 0.478 e. The summed E-state index contributed by atoms with van der Waals surface area (Å²) >= 11 is 0. The number of fused-ring (bicyclic) bond motifs is 3. The lowest BCUT2D eigenvalue weighted by Crippen LogP contribution is -2.33. The van der Waals surface area contributed by atoms with E-state index >= 15 is 0 Å². The lowest BCUT2D eigenvalue weighted by molar-refractivity contribution is -0.132. The molecule has 3 heteroatoms. The average Bonchev–Trinajstić information content (AvgIpc) is 3.14. The van der Waals surface area contributed by atoms with Gasteiger partial charge in [-0.2, -0.15) is 0 Å². The molecule has 0 bridgehead atoms. The van der Waals surface area contributed by atoms with Gasteiger partial charge in [0.05, 0.1) is 0 Å². The van der Waals surface area contributed by atoms with Crippen LogP contribution in [0.2, 0.25) is 0 Å². The molecule has 4 aliphatic carbocycles. The van der Waals surface area contributed by atoms with Crippen molar-refractivity contribution in [1.82, 2.24) is 0 Å². The molecule has 4 atom stereocenters. The van der Waals surface area contributed by atoms with Crippen LogP contribution >= 0.6 is 0 Å². The van der Waals surface area contributed by atoms with Gasteiger partial charge in [0, 0.05) is 18.4 Å². The summed E-state index contributed by atoms with van der Waals surface area (Å²) in [6, 6.07) is 0. The van der Waals surface area contributed by atoms with E-state index in [1.54, 1.807) is 0 Å². The normalized spacial score (nSPS) is 35.7. The molecular weight excluding hydrogens is 288 g/mol. The van der Waals surface area contributed by atoms with E-state index in [0.717, 1.165) is 49.5 Å². The van der Waals surface area contributed by atoms with E-state index in [0.29, 0.717) is 17.6 Å². The SMILES string of the molecule is C=CCC1CCCC1=CC(=O)O.O=C1C[C@H]2C[C@@H]3CCC=C3[C@@H]12. The van der Waals surface area contributed by atoms with Crippen LogP contribution in [0.15, 0.2) is 36.0 Å².